The van der Waals surface area contributed by atoms with E-state index in [4.69, 9.17) is 5.11 Å². The molecule has 19 heavy (non-hydrogen) atoms. The first-order valence-corrected chi connectivity index (χ1v) is 6.70. The predicted octanol–water partition coefficient (Wildman–Crippen LogP) is 2.41. The summed E-state index contributed by atoms with van der Waals surface area (Å²) in [6.07, 6.45) is 0.574. The number of nitrogens with one attached hydrogen (secondary N) is 1. The monoisotopic (exact) mass is 293 g/mol. The number of amides is 1. The first-order chi connectivity index (χ1) is 8.93. The Morgan fingerprint density at radius 1 is 1.58 bits per heavy atom. The van der Waals surface area contributed by atoms with Crippen molar-refractivity contribution in [1.82, 2.24) is 5.32 Å². The van der Waals surface area contributed by atoms with E-state index in [1.165, 1.54) is 6.07 Å². The summed E-state index contributed by atoms with van der Waals surface area (Å²) in [7, 11) is 0. The van der Waals surface area contributed by atoms with Crippen LogP contribution in [0.15, 0.2) is 6.07 Å². The Balaban J connectivity index is 2.65. The van der Waals surface area contributed by atoms with Gasteiger partial charge in [0.1, 0.15) is 10.6 Å². The molecule has 0 aliphatic heterocycles. The number of aryl methyl sites for hydroxylation is 1. The van der Waals surface area contributed by atoms with Crippen LogP contribution >= 0.6 is 11.3 Å². The number of ether oxygens (including phenoxy) is 1. The van der Waals surface area contributed by atoms with Crippen LogP contribution in [0.25, 0.3) is 0 Å². The number of carbonyl (C=O) groups excluding carboxylic acids is 1. The van der Waals surface area contributed by atoms with E-state index in [1.54, 1.807) is 6.92 Å². The zero-order valence-electron chi connectivity index (χ0n) is 10.8. The summed E-state index contributed by atoms with van der Waals surface area (Å²) in [5, 5.41) is 11.4. The lowest BCUT2D eigenvalue weighted by Gasteiger charge is -2.11. The minimum absolute atomic E-state index is 0.0505. The van der Waals surface area contributed by atoms with Gasteiger partial charge in [-0.05, 0) is 25.3 Å². The molecule has 0 fully saturated rings. The van der Waals surface area contributed by atoms with Gasteiger partial charge in [-0.3, -0.25) is 4.79 Å². The zero-order chi connectivity index (χ0) is 14.4. The number of hydrogen-bond donors (Lipinski definition) is 2. The van der Waals surface area contributed by atoms with Crippen LogP contribution in [0.1, 0.15) is 27.9 Å². The Labute approximate surface area is 114 Å². The van der Waals surface area contributed by atoms with Gasteiger partial charge in [-0.15, -0.1) is 11.3 Å². The molecule has 0 aliphatic carbocycles. The normalized spacial score (nSPS) is 12.5. The number of thiophene rings is 1. The highest BCUT2D eigenvalue weighted by molar-refractivity contribution is 7.14. The van der Waals surface area contributed by atoms with Gasteiger partial charge in [0.25, 0.3) is 5.91 Å². The number of halogens is 2. The van der Waals surface area contributed by atoms with Gasteiger partial charge in [-0.25, -0.2) is 0 Å². The quantitative estimate of drug-likeness (QED) is 0.811. The van der Waals surface area contributed by atoms with Gasteiger partial charge in [0.05, 0.1) is 0 Å². The van der Waals surface area contributed by atoms with Crippen molar-refractivity contribution in [2.45, 2.75) is 26.9 Å². The second-order valence-corrected chi connectivity index (χ2v) is 5.51. The van der Waals surface area contributed by atoms with Crippen molar-refractivity contribution in [3.63, 3.8) is 0 Å². The van der Waals surface area contributed by atoms with Crippen LogP contribution in [-0.2, 0) is 0 Å². The van der Waals surface area contributed by atoms with Crippen molar-refractivity contribution < 1.29 is 23.4 Å². The fourth-order valence-electron chi connectivity index (χ4n) is 1.50. The van der Waals surface area contributed by atoms with Crippen LogP contribution in [0.5, 0.6) is 5.75 Å². The molecule has 0 saturated heterocycles. The van der Waals surface area contributed by atoms with Gasteiger partial charge < -0.3 is 15.2 Å². The van der Waals surface area contributed by atoms with E-state index in [-0.39, 0.29) is 23.2 Å². The average molecular weight is 293 g/mol. The Kier molecular flexibility index (Phi) is 6.17. The van der Waals surface area contributed by atoms with E-state index < -0.39 is 12.5 Å². The largest absolute Gasteiger partial charge is 0.433 e. The third-order valence-corrected chi connectivity index (χ3v) is 3.51. The van der Waals surface area contributed by atoms with Gasteiger partial charge in [-0.1, -0.05) is 6.92 Å². The highest BCUT2D eigenvalue weighted by Gasteiger charge is 2.19. The number of rotatable bonds is 7. The van der Waals surface area contributed by atoms with Crippen molar-refractivity contribution >= 4 is 17.2 Å². The highest BCUT2D eigenvalue weighted by atomic mass is 32.1. The van der Waals surface area contributed by atoms with Crippen molar-refractivity contribution in [3.8, 4) is 5.75 Å². The molecule has 1 aromatic rings. The predicted molar refractivity (Wildman–Crippen MR) is 68.9 cm³/mol. The van der Waals surface area contributed by atoms with E-state index in [2.05, 4.69) is 10.1 Å². The van der Waals surface area contributed by atoms with E-state index in [0.29, 0.717) is 13.0 Å². The van der Waals surface area contributed by atoms with Crippen LogP contribution in [0.4, 0.5) is 8.78 Å². The van der Waals surface area contributed by atoms with Crippen LogP contribution in [-0.4, -0.2) is 30.8 Å². The summed E-state index contributed by atoms with van der Waals surface area (Å²) in [4.78, 5) is 12.8. The maximum Gasteiger partial charge on any atom is 0.387 e. The molecule has 0 aliphatic rings. The Morgan fingerprint density at radius 3 is 2.84 bits per heavy atom. The highest BCUT2D eigenvalue weighted by Crippen LogP contribution is 2.30. The molecule has 0 saturated carbocycles. The fourth-order valence-corrected chi connectivity index (χ4v) is 2.36. The van der Waals surface area contributed by atoms with Crippen molar-refractivity contribution in [3.05, 3.63) is 15.8 Å². The topological polar surface area (TPSA) is 58.6 Å². The van der Waals surface area contributed by atoms with Crippen LogP contribution < -0.4 is 10.1 Å². The summed E-state index contributed by atoms with van der Waals surface area (Å²) in [6, 6.07) is 1.42. The number of alkyl halides is 2. The third kappa shape index (κ3) is 5.12. The third-order valence-electron chi connectivity index (χ3n) is 2.48. The van der Waals surface area contributed by atoms with Crippen molar-refractivity contribution in [2.24, 2.45) is 5.92 Å². The van der Waals surface area contributed by atoms with Crippen LogP contribution in [0, 0.1) is 12.8 Å². The molecule has 1 heterocycles. The Bertz CT molecular complexity index is 423. The molecule has 1 amide bonds. The molecule has 0 spiro atoms. The minimum atomic E-state index is -2.95. The SMILES string of the molecule is Cc1cc(OC(F)F)c(C(=O)NCC(C)CCO)s1. The van der Waals surface area contributed by atoms with E-state index >= 15 is 0 Å². The average Bonchev–Trinajstić information content (AvgIpc) is 2.66. The summed E-state index contributed by atoms with van der Waals surface area (Å²) in [5.41, 5.74) is 0. The number of aliphatic hydroxyl groups excluding tert-OH is 1. The summed E-state index contributed by atoms with van der Waals surface area (Å²) in [6.45, 7) is 1.08. The van der Waals surface area contributed by atoms with E-state index in [1.807, 2.05) is 6.92 Å². The van der Waals surface area contributed by atoms with E-state index in [0.717, 1.165) is 16.2 Å². The molecule has 108 valence electrons. The molecule has 0 radical (unpaired) electrons. The van der Waals surface area contributed by atoms with Gasteiger partial charge >= 0.3 is 6.61 Å². The summed E-state index contributed by atoms with van der Waals surface area (Å²) < 4.78 is 28.7. The maximum atomic E-state index is 12.2. The first kappa shape index (κ1) is 15.8. The minimum Gasteiger partial charge on any atom is -0.433 e. The molecule has 4 nitrogen and oxygen atoms in total. The molecule has 1 rings (SSSR count). The van der Waals surface area contributed by atoms with E-state index in [9.17, 15) is 13.6 Å². The Morgan fingerprint density at radius 2 is 2.26 bits per heavy atom. The molecule has 1 aromatic heterocycles. The molecule has 0 aromatic carbocycles. The lowest BCUT2D eigenvalue weighted by Crippen LogP contribution is -2.28. The van der Waals surface area contributed by atoms with Gasteiger partial charge in [-0.2, -0.15) is 8.78 Å². The lowest BCUT2D eigenvalue weighted by atomic mass is 10.1. The lowest BCUT2D eigenvalue weighted by molar-refractivity contribution is -0.0498. The first-order valence-electron chi connectivity index (χ1n) is 5.88. The van der Waals surface area contributed by atoms with Crippen molar-refractivity contribution in [1.29, 1.82) is 0 Å². The molecule has 0 bridgehead atoms. The van der Waals surface area contributed by atoms with Crippen LogP contribution in [0.2, 0.25) is 0 Å². The van der Waals surface area contributed by atoms with Crippen molar-refractivity contribution in [2.75, 3.05) is 13.2 Å². The maximum absolute atomic E-state index is 12.2. The second-order valence-electron chi connectivity index (χ2n) is 4.26. The molecule has 2 N–H and O–H groups in total. The summed E-state index contributed by atoms with van der Waals surface area (Å²) >= 11 is 1.11. The van der Waals surface area contributed by atoms with Gasteiger partial charge in [0, 0.05) is 18.0 Å². The molecular weight excluding hydrogens is 276 g/mol. The zero-order valence-corrected chi connectivity index (χ0v) is 11.6. The number of carbonyl (C=O) groups is 1. The summed E-state index contributed by atoms with van der Waals surface area (Å²) in [5.74, 6) is -0.405. The van der Waals surface area contributed by atoms with Crippen LogP contribution in [0.3, 0.4) is 0 Å². The molecular formula is C12H17F2NO3S. The molecule has 7 heteroatoms. The molecule has 1 atom stereocenters. The number of hydrogen-bond acceptors (Lipinski definition) is 4. The standard InChI is InChI=1S/C12H17F2NO3S/c1-7(3-4-16)6-15-11(17)10-9(18-12(13)14)5-8(2)19-10/h5,7,12,16H,3-4,6H2,1-2H3,(H,15,17). The van der Waals surface area contributed by atoms with Gasteiger partial charge in [0.2, 0.25) is 0 Å². The molecule has 1 unspecified atom stereocenters. The Hall–Kier alpha value is -1.21. The smallest absolute Gasteiger partial charge is 0.387 e. The fraction of sp³-hybridized carbons (Fsp3) is 0.583. The van der Waals surface area contributed by atoms with Gasteiger partial charge in [0.15, 0.2) is 0 Å². The second kappa shape index (κ2) is 7.40. The number of aliphatic hydroxyl groups is 1.